The fraction of sp³-hybridized carbons (Fsp3) is 0.312. The molecule has 0 atom stereocenters. The molecule has 7 nitrogen and oxygen atoms in total. The van der Waals surface area contributed by atoms with Gasteiger partial charge in [-0.05, 0) is 42.5 Å². The smallest absolute Gasteiger partial charge is 0.231 e. The lowest BCUT2D eigenvalue weighted by Crippen LogP contribution is -2.05. The molecule has 0 unspecified atom stereocenters. The van der Waals surface area contributed by atoms with E-state index < -0.39 is 0 Å². The predicted molar refractivity (Wildman–Crippen MR) is 88.6 cm³/mol. The van der Waals surface area contributed by atoms with E-state index in [4.69, 9.17) is 10.8 Å². The first kappa shape index (κ1) is 14.0. The summed E-state index contributed by atoms with van der Waals surface area (Å²) in [6.07, 6.45) is 5.11. The predicted octanol–water partition coefficient (Wildman–Crippen LogP) is 1.63. The van der Waals surface area contributed by atoms with Gasteiger partial charge in [0.25, 0.3) is 0 Å². The minimum atomic E-state index is 0.0168. The van der Waals surface area contributed by atoms with Crippen LogP contribution in [-0.4, -0.2) is 31.2 Å². The van der Waals surface area contributed by atoms with Gasteiger partial charge in [-0.2, -0.15) is 9.97 Å². The van der Waals surface area contributed by atoms with E-state index in [1.54, 1.807) is 10.9 Å². The van der Waals surface area contributed by atoms with Gasteiger partial charge in [0.15, 0.2) is 11.5 Å². The number of rotatable bonds is 4. The van der Waals surface area contributed by atoms with Crippen LogP contribution >= 0.6 is 0 Å². The van der Waals surface area contributed by atoms with Crippen LogP contribution in [0.1, 0.15) is 17.5 Å². The quantitative estimate of drug-likeness (QED) is 0.677. The maximum absolute atomic E-state index is 9.12. The first-order valence-corrected chi connectivity index (χ1v) is 7.72. The van der Waals surface area contributed by atoms with E-state index in [0.29, 0.717) is 29.5 Å². The lowest BCUT2D eigenvalue weighted by molar-refractivity contribution is 0.277. The van der Waals surface area contributed by atoms with E-state index in [9.17, 15) is 0 Å². The van der Waals surface area contributed by atoms with Crippen molar-refractivity contribution in [3.05, 3.63) is 35.7 Å². The van der Waals surface area contributed by atoms with Crippen molar-refractivity contribution in [2.75, 3.05) is 17.7 Å². The molecule has 0 amide bonds. The van der Waals surface area contributed by atoms with Crippen LogP contribution in [-0.2, 0) is 19.4 Å². The fourth-order valence-electron chi connectivity index (χ4n) is 3.07. The summed E-state index contributed by atoms with van der Waals surface area (Å²) in [4.78, 5) is 13.0. The Bertz CT molecular complexity index is 872. The second kappa shape index (κ2) is 5.51. The second-order valence-corrected chi connectivity index (χ2v) is 5.73. The summed E-state index contributed by atoms with van der Waals surface area (Å²) in [5.41, 5.74) is 10.9. The SMILES string of the molecule is Nc1nc(Nc2ccc3c(c2)CCC3)nc2c1ncn2CCO. The van der Waals surface area contributed by atoms with E-state index in [2.05, 4.69) is 32.4 Å². The molecule has 0 bridgehead atoms. The van der Waals surface area contributed by atoms with Gasteiger partial charge in [0.05, 0.1) is 12.9 Å². The summed E-state index contributed by atoms with van der Waals surface area (Å²) < 4.78 is 1.77. The van der Waals surface area contributed by atoms with Crippen molar-refractivity contribution < 1.29 is 5.11 Å². The maximum Gasteiger partial charge on any atom is 0.231 e. The zero-order chi connectivity index (χ0) is 15.8. The number of nitrogens with one attached hydrogen (secondary N) is 1. The molecule has 0 aliphatic heterocycles. The number of aromatic nitrogens is 4. The van der Waals surface area contributed by atoms with Crippen LogP contribution < -0.4 is 11.1 Å². The monoisotopic (exact) mass is 310 g/mol. The van der Waals surface area contributed by atoms with Gasteiger partial charge in [0.2, 0.25) is 5.95 Å². The Morgan fingerprint density at radius 3 is 2.96 bits per heavy atom. The average Bonchev–Trinajstić information content (AvgIpc) is 3.15. The first-order chi connectivity index (χ1) is 11.2. The van der Waals surface area contributed by atoms with E-state index in [1.165, 1.54) is 17.5 Å². The van der Waals surface area contributed by atoms with Crippen molar-refractivity contribution in [1.29, 1.82) is 0 Å². The van der Waals surface area contributed by atoms with Crippen LogP contribution in [0.4, 0.5) is 17.5 Å². The average molecular weight is 310 g/mol. The highest BCUT2D eigenvalue weighted by molar-refractivity contribution is 5.83. The number of hydrogen-bond donors (Lipinski definition) is 3. The summed E-state index contributed by atoms with van der Waals surface area (Å²) in [5, 5.41) is 12.3. The number of nitrogen functional groups attached to an aromatic ring is 1. The largest absolute Gasteiger partial charge is 0.395 e. The highest BCUT2D eigenvalue weighted by Crippen LogP contribution is 2.27. The summed E-state index contributed by atoms with van der Waals surface area (Å²) in [7, 11) is 0. The Morgan fingerprint density at radius 1 is 1.22 bits per heavy atom. The molecule has 0 saturated carbocycles. The van der Waals surface area contributed by atoms with E-state index in [-0.39, 0.29) is 6.61 Å². The number of fused-ring (bicyclic) bond motifs is 2. The Balaban J connectivity index is 1.69. The molecular formula is C16H18N6O. The molecule has 3 aromatic rings. The van der Waals surface area contributed by atoms with Crippen LogP contribution in [0.3, 0.4) is 0 Å². The molecule has 4 rings (SSSR count). The first-order valence-electron chi connectivity index (χ1n) is 7.72. The molecule has 2 aromatic heterocycles. The van der Waals surface area contributed by atoms with Gasteiger partial charge < -0.3 is 20.7 Å². The molecule has 2 heterocycles. The third-order valence-corrected chi connectivity index (χ3v) is 4.19. The maximum atomic E-state index is 9.12. The molecule has 0 radical (unpaired) electrons. The molecule has 7 heteroatoms. The molecule has 1 aliphatic rings. The number of nitrogens with zero attached hydrogens (tertiary/aromatic N) is 4. The molecule has 118 valence electrons. The number of aryl methyl sites for hydroxylation is 2. The standard InChI is InChI=1S/C16H18N6O/c17-14-13-15(22(6-7-23)9-18-13)21-16(20-14)19-12-5-4-10-2-1-3-11(10)8-12/h4-5,8-9,23H,1-3,6-7H2,(H3,17,19,20,21). The topological polar surface area (TPSA) is 102 Å². The van der Waals surface area contributed by atoms with Gasteiger partial charge in [-0.15, -0.1) is 0 Å². The van der Waals surface area contributed by atoms with Crippen LogP contribution in [0.25, 0.3) is 11.2 Å². The highest BCUT2D eigenvalue weighted by Gasteiger charge is 2.13. The Kier molecular flexibility index (Phi) is 3.34. The van der Waals surface area contributed by atoms with Gasteiger partial charge in [-0.1, -0.05) is 6.07 Å². The number of nitrogens with two attached hydrogens (primary N) is 1. The Labute approximate surface area is 133 Å². The highest BCUT2D eigenvalue weighted by atomic mass is 16.3. The zero-order valence-electron chi connectivity index (χ0n) is 12.7. The van der Waals surface area contributed by atoms with Crippen molar-refractivity contribution in [3.8, 4) is 0 Å². The van der Waals surface area contributed by atoms with E-state index in [1.807, 2.05) is 6.07 Å². The van der Waals surface area contributed by atoms with E-state index >= 15 is 0 Å². The lowest BCUT2D eigenvalue weighted by Gasteiger charge is -2.09. The molecule has 1 aliphatic carbocycles. The van der Waals surface area contributed by atoms with Crippen LogP contribution in [0.5, 0.6) is 0 Å². The van der Waals surface area contributed by atoms with Gasteiger partial charge in [-0.3, -0.25) is 0 Å². The van der Waals surface area contributed by atoms with E-state index in [0.717, 1.165) is 18.5 Å². The molecule has 1 aromatic carbocycles. The molecule has 0 fully saturated rings. The zero-order valence-corrected chi connectivity index (χ0v) is 12.7. The minimum absolute atomic E-state index is 0.0168. The molecule has 0 saturated heterocycles. The van der Waals surface area contributed by atoms with Crippen molar-refractivity contribution >= 4 is 28.6 Å². The van der Waals surface area contributed by atoms with Crippen LogP contribution in [0.15, 0.2) is 24.5 Å². The molecule has 23 heavy (non-hydrogen) atoms. The Hall–Kier alpha value is -2.67. The number of hydrogen-bond acceptors (Lipinski definition) is 6. The Morgan fingerprint density at radius 2 is 2.09 bits per heavy atom. The number of aliphatic hydroxyl groups is 1. The van der Waals surface area contributed by atoms with Crippen molar-refractivity contribution in [2.24, 2.45) is 0 Å². The summed E-state index contributed by atoms with van der Waals surface area (Å²) in [6.45, 7) is 0.439. The summed E-state index contributed by atoms with van der Waals surface area (Å²) in [5.74, 6) is 0.767. The van der Waals surface area contributed by atoms with Gasteiger partial charge in [0.1, 0.15) is 5.52 Å². The second-order valence-electron chi connectivity index (χ2n) is 5.73. The fourth-order valence-corrected chi connectivity index (χ4v) is 3.07. The summed E-state index contributed by atoms with van der Waals surface area (Å²) in [6, 6.07) is 6.35. The minimum Gasteiger partial charge on any atom is -0.395 e. The lowest BCUT2D eigenvalue weighted by atomic mass is 10.1. The van der Waals surface area contributed by atoms with Crippen LogP contribution in [0, 0.1) is 0 Å². The van der Waals surface area contributed by atoms with Gasteiger partial charge in [0, 0.05) is 12.2 Å². The molecule has 0 spiro atoms. The molecule has 4 N–H and O–H groups in total. The van der Waals surface area contributed by atoms with Crippen molar-refractivity contribution in [3.63, 3.8) is 0 Å². The third-order valence-electron chi connectivity index (χ3n) is 4.19. The number of anilines is 3. The van der Waals surface area contributed by atoms with Crippen molar-refractivity contribution in [1.82, 2.24) is 19.5 Å². The number of aliphatic hydroxyl groups excluding tert-OH is 1. The number of benzene rings is 1. The number of imidazole rings is 1. The molecular weight excluding hydrogens is 292 g/mol. The van der Waals surface area contributed by atoms with Gasteiger partial charge in [-0.25, -0.2) is 4.98 Å². The van der Waals surface area contributed by atoms with Crippen molar-refractivity contribution in [2.45, 2.75) is 25.8 Å². The van der Waals surface area contributed by atoms with Crippen LogP contribution in [0.2, 0.25) is 0 Å². The summed E-state index contributed by atoms with van der Waals surface area (Å²) >= 11 is 0. The van der Waals surface area contributed by atoms with Gasteiger partial charge >= 0.3 is 0 Å². The normalized spacial score (nSPS) is 13.4. The third kappa shape index (κ3) is 2.49.